The number of rotatable bonds is 5. The molecule has 36 heavy (non-hydrogen) atoms. The molecule has 5 heterocycles. The fourth-order valence-electron chi connectivity index (χ4n) is 5.35. The second-order valence-corrected chi connectivity index (χ2v) is 10.1. The van der Waals surface area contributed by atoms with Gasteiger partial charge in [0.25, 0.3) is 0 Å². The topological polar surface area (TPSA) is 101 Å². The number of nitrogens with one attached hydrogen (secondary N) is 1. The molecule has 188 valence electrons. The number of aromatic nitrogens is 5. The van der Waals surface area contributed by atoms with Gasteiger partial charge in [0.2, 0.25) is 0 Å². The first-order valence-electron chi connectivity index (χ1n) is 12.9. The first-order valence-corrected chi connectivity index (χ1v) is 12.9. The smallest absolute Gasteiger partial charge is 0.160 e. The van der Waals surface area contributed by atoms with Crippen molar-refractivity contribution >= 4 is 28.3 Å². The molecule has 2 aliphatic rings. The summed E-state index contributed by atoms with van der Waals surface area (Å²) < 4.78 is 7.44. The SMILES string of the molecule is Cc1cc2nc(C)c(-c3cc4nc(N5CCCC5CO)cc(NC5CCOCC5)n4n3)nc2cc1C. The zero-order chi connectivity index (χ0) is 24.8. The Labute approximate surface area is 210 Å². The van der Waals surface area contributed by atoms with E-state index in [1.165, 1.54) is 11.1 Å². The van der Waals surface area contributed by atoms with Gasteiger partial charge in [-0.05, 0) is 69.7 Å². The van der Waals surface area contributed by atoms with Crippen molar-refractivity contribution in [2.45, 2.75) is 58.5 Å². The van der Waals surface area contributed by atoms with Crippen molar-refractivity contribution in [2.75, 3.05) is 36.6 Å². The van der Waals surface area contributed by atoms with Gasteiger partial charge in [-0.2, -0.15) is 9.61 Å². The number of benzene rings is 1. The van der Waals surface area contributed by atoms with E-state index < -0.39 is 0 Å². The Morgan fingerprint density at radius 3 is 2.47 bits per heavy atom. The molecule has 2 aliphatic heterocycles. The Hall–Kier alpha value is -3.30. The molecule has 2 fully saturated rings. The predicted molar refractivity (Wildman–Crippen MR) is 141 cm³/mol. The van der Waals surface area contributed by atoms with Crippen LogP contribution in [-0.4, -0.2) is 68.1 Å². The van der Waals surface area contributed by atoms with Crippen molar-refractivity contribution in [3.05, 3.63) is 41.1 Å². The van der Waals surface area contributed by atoms with Gasteiger partial charge < -0.3 is 20.1 Å². The van der Waals surface area contributed by atoms with E-state index in [0.717, 1.165) is 90.8 Å². The lowest BCUT2D eigenvalue weighted by Gasteiger charge is -2.27. The zero-order valence-electron chi connectivity index (χ0n) is 21.2. The number of fused-ring (bicyclic) bond motifs is 2. The maximum absolute atomic E-state index is 9.92. The van der Waals surface area contributed by atoms with Crippen LogP contribution in [-0.2, 0) is 4.74 Å². The molecule has 0 amide bonds. The lowest BCUT2D eigenvalue weighted by molar-refractivity contribution is 0.0903. The van der Waals surface area contributed by atoms with Crippen molar-refractivity contribution in [3.8, 4) is 11.4 Å². The summed E-state index contributed by atoms with van der Waals surface area (Å²) in [7, 11) is 0. The summed E-state index contributed by atoms with van der Waals surface area (Å²) in [6.07, 6.45) is 3.92. The Morgan fingerprint density at radius 2 is 1.72 bits per heavy atom. The van der Waals surface area contributed by atoms with E-state index in [1.807, 2.05) is 17.5 Å². The molecular formula is C27H33N7O2. The standard InChI is InChI=1S/C27H33N7O2/c1-16-11-21-22(12-17(16)2)30-27(18(3)28-21)23-13-25-31-24(33-8-4-5-20(33)15-35)14-26(34(25)32-23)29-19-6-9-36-10-7-19/h11-14,19-20,29,35H,4-10,15H2,1-3H3. The largest absolute Gasteiger partial charge is 0.394 e. The summed E-state index contributed by atoms with van der Waals surface area (Å²) in [4.78, 5) is 17.0. The molecule has 2 N–H and O–H groups in total. The summed E-state index contributed by atoms with van der Waals surface area (Å²) in [5, 5.41) is 18.6. The Kier molecular flexibility index (Phi) is 5.97. The average Bonchev–Trinajstić information content (AvgIpc) is 3.52. The van der Waals surface area contributed by atoms with Gasteiger partial charge in [0, 0.05) is 37.9 Å². The normalized spacial score (nSPS) is 19.0. The highest BCUT2D eigenvalue weighted by molar-refractivity contribution is 5.80. The molecule has 2 saturated heterocycles. The number of aliphatic hydroxyl groups is 1. The molecule has 0 aliphatic carbocycles. The van der Waals surface area contributed by atoms with E-state index in [0.29, 0.717) is 6.04 Å². The Morgan fingerprint density at radius 1 is 0.972 bits per heavy atom. The third-order valence-corrected chi connectivity index (χ3v) is 7.57. The van der Waals surface area contributed by atoms with Crippen LogP contribution in [0.4, 0.5) is 11.6 Å². The van der Waals surface area contributed by atoms with E-state index in [-0.39, 0.29) is 12.6 Å². The molecule has 4 aromatic rings. The minimum Gasteiger partial charge on any atom is -0.394 e. The molecule has 9 nitrogen and oxygen atoms in total. The summed E-state index contributed by atoms with van der Waals surface area (Å²) in [6, 6.07) is 8.65. The number of ether oxygens (including phenoxy) is 1. The molecule has 1 unspecified atom stereocenters. The lowest BCUT2D eigenvalue weighted by Crippen LogP contribution is -2.33. The fraction of sp³-hybridized carbons (Fsp3) is 0.481. The molecule has 9 heteroatoms. The summed E-state index contributed by atoms with van der Waals surface area (Å²) >= 11 is 0. The van der Waals surface area contributed by atoms with Crippen molar-refractivity contribution in [1.29, 1.82) is 0 Å². The van der Waals surface area contributed by atoms with Gasteiger partial charge >= 0.3 is 0 Å². The third-order valence-electron chi connectivity index (χ3n) is 7.57. The highest BCUT2D eigenvalue weighted by Gasteiger charge is 2.27. The third kappa shape index (κ3) is 4.16. The lowest BCUT2D eigenvalue weighted by atomic mass is 10.1. The van der Waals surface area contributed by atoms with Gasteiger partial charge in [-0.15, -0.1) is 0 Å². The molecule has 1 aromatic carbocycles. The van der Waals surface area contributed by atoms with E-state index in [4.69, 9.17) is 24.8 Å². The van der Waals surface area contributed by atoms with Gasteiger partial charge in [0.1, 0.15) is 23.0 Å². The summed E-state index contributed by atoms with van der Waals surface area (Å²) in [6.45, 7) is 8.71. The van der Waals surface area contributed by atoms with Crippen molar-refractivity contribution in [3.63, 3.8) is 0 Å². The van der Waals surface area contributed by atoms with E-state index in [9.17, 15) is 5.11 Å². The van der Waals surface area contributed by atoms with E-state index in [1.54, 1.807) is 0 Å². The van der Waals surface area contributed by atoms with Crippen LogP contribution < -0.4 is 10.2 Å². The second kappa shape index (κ2) is 9.29. The fourth-order valence-corrected chi connectivity index (χ4v) is 5.35. The van der Waals surface area contributed by atoms with Crippen molar-refractivity contribution in [2.24, 2.45) is 0 Å². The summed E-state index contributed by atoms with van der Waals surface area (Å²) in [5.74, 6) is 1.77. The van der Waals surface area contributed by atoms with Crippen LogP contribution in [0, 0.1) is 20.8 Å². The highest BCUT2D eigenvalue weighted by atomic mass is 16.5. The number of anilines is 2. The quantitative estimate of drug-likeness (QED) is 0.438. The van der Waals surface area contributed by atoms with Crippen LogP contribution in [0.25, 0.3) is 28.1 Å². The Balaban J connectivity index is 1.46. The summed E-state index contributed by atoms with van der Waals surface area (Å²) in [5.41, 5.74) is 7.28. The molecule has 0 spiro atoms. The minimum atomic E-state index is 0.0959. The monoisotopic (exact) mass is 487 g/mol. The van der Waals surface area contributed by atoms with Crippen LogP contribution in [0.3, 0.4) is 0 Å². The number of aryl methyl sites for hydroxylation is 3. The molecule has 0 bridgehead atoms. The predicted octanol–water partition coefficient (Wildman–Crippen LogP) is 3.82. The maximum atomic E-state index is 9.92. The first-order chi connectivity index (χ1) is 17.5. The maximum Gasteiger partial charge on any atom is 0.160 e. The van der Waals surface area contributed by atoms with E-state index in [2.05, 4.69) is 42.3 Å². The van der Waals surface area contributed by atoms with Crippen LogP contribution in [0.1, 0.15) is 42.5 Å². The van der Waals surface area contributed by atoms with Crippen LogP contribution in [0.15, 0.2) is 24.3 Å². The van der Waals surface area contributed by atoms with Crippen LogP contribution >= 0.6 is 0 Å². The zero-order valence-corrected chi connectivity index (χ0v) is 21.2. The minimum absolute atomic E-state index is 0.0959. The van der Waals surface area contributed by atoms with Gasteiger partial charge in [0.15, 0.2) is 5.65 Å². The van der Waals surface area contributed by atoms with Crippen LogP contribution in [0.2, 0.25) is 0 Å². The number of nitrogens with zero attached hydrogens (tertiary/aromatic N) is 6. The highest BCUT2D eigenvalue weighted by Crippen LogP contribution is 2.30. The molecule has 3 aromatic heterocycles. The number of hydrogen-bond acceptors (Lipinski definition) is 8. The number of hydrogen-bond donors (Lipinski definition) is 2. The van der Waals surface area contributed by atoms with Gasteiger partial charge in [-0.1, -0.05) is 0 Å². The van der Waals surface area contributed by atoms with Gasteiger partial charge in [-0.3, -0.25) is 0 Å². The van der Waals surface area contributed by atoms with Gasteiger partial charge in [0.05, 0.1) is 29.4 Å². The van der Waals surface area contributed by atoms with Gasteiger partial charge in [-0.25, -0.2) is 15.0 Å². The molecule has 1 atom stereocenters. The average molecular weight is 488 g/mol. The number of aliphatic hydroxyl groups excluding tert-OH is 1. The molecular weight excluding hydrogens is 454 g/mol. The first kappa shape index (κ1) is 23.1. The Bertz CT molecular complexity index is 1430. The molecule has 0 saturated carbocycles. The van der Waals surface area contributed by atoms with Crippen molar-refractivity contribution in [1.82, 2.24) is 24.6 Å². The molecule has 0 radical (unpaired) electrons. The van der Waals surface area contributed by atoms with Crippen LogP contribution in [0.5, 0.6) is 0 Å². The van der Waals surface area contributed by atoms with E-state index >= 15 is 0 Å². The second-order valence-electron chi connectivity index (χ2n) is 10.1. The molecule has 6 rings (SSSR count). The van der Waals surface area contributed by atoms with Crippen molar-refractivity contribution < 1.29 is 9.84 Å².